The van der Waals surface area contributed by atoms with Gasteiger partial charge in [0.1, 0.15) is 0 Å². The molecular weight excluding hydrogens is 146 g/mol. The molecule has 12 heavy (non-hydrogen) atoms. The number of allylic oxidation sites excluding steroid dienone is 2. The zero-order valence-corrected chi connectivity index (χ0v) is 7.67. The van der Waals surface area contributed by atoms with Crippen LogP contribution in [0.3, 0.4) is 0 Å². The summed E-state index contributed by atoms with van der Waals surface area (Å²) in [6.45, 7) is 5.57. The van der Waals surface area contributed by atoms with Crippen molar-refractivity contribution in [2.24, 2.45) is 0 Å². The fourth-order valence-electron chi connectivity index (χ4n) is 1.71. The first-order valence-corrected chi connectivity index (χ1v) is 4.44. The number of fused-ring (bicyclic) bond motifs is 1. The van der Waals surface area contributed by atoms with Crippen LogP contribution in [0.1, 0.15) is 26.0 Å². The number of rotatable bonds is 0. The normalized spacial score (nSPS) is 16.2. The summed E-state index contributed by atoms with van der Waals surface area (Å²) in [6.07, 6.45) is 3.36. The van der Waals surface area contributed by atoms with Gasteiger partial charge in [0.05, 0.1) is 0 Å². The van der Waals surface area contributed by atoms with Crippen LogP contribution in [-0.4, -0.2) is 0 Å². The zero-order valence-electron chi connectivity index (χ0n) is 7.67. The van der Waals surface area contributed by atoms with Gasteiger partial charge in [0.25, 0.3) is 0 Å². The molecule has 1 aliphatic heterocycles. The third-order valence-corrected chi connectivity index (χ3v) is 2.69. The van der Waals surface area contributed by atoms with Gasteiger partial charge in [-0.05, 0) is 19.9 Å². The van der Waals surface area contributed by atoms with E-state index in [1.807, 2.05) is 0 Å². The predicted molar refractivity (Wildman–Crippen MR) is 49.5 cm³/mol. The molecule has 1 aromatic rings. The number of aromatic nitrogens is 1. The van der Waals surface area contributed by atoms with Crippen molar-refractivity contribution in [3.05, 3.63) is 35.7 Å². The van der Waals surface area contributed by atoms with Crippen molar-refractivity contribution >= 4 is 5.57 Å². The Kier molecular flexibility index (Phi) is 1.72. The molecule has 0 bridgehead atoms. The van der Waals surface area contributed by atoms with Gasteiger partial charge in [-0.15, -0.1) is 0 Å². The standard InChI is InChI=1S/C11H14N/c1-9-6-8-12-7-4-3-5-11(12)10(9)2/h3-5,7H,6,8H2,1-2H3/q+1. The summed E-state index contributed by atoms with van der Waals surface area (Å²) in [4.78, 5) is 0. The van der Waals surface area contributed by atoms with E-state index in [4.69, 9.17) is 0 Å². The van der Waals surface area contributed by atoms with E-state index < -0.39 is 0 Å². The molecule has 1 aromatic heterocycles. The van der Waals surface area contributed by atoms with Crippen molar-refractivity contribution in [2.45, 2.75) is 26.8 Å². The Labute approximate surface area is 73.4 Å². The largest absolute Gasteiger partial charge is 0.208 e. The fourth-order valence-corrected chi connectivity index (χ4v) is 1.71. The van der Waals surface area contributed by atoms with Gasteiger partial charge in [-0.25, -0.2) is 0 Å². The number of hydrogen-bond donors (Lipinski definition) is 0. The predicted octanol–water partition coefficient (Wildman–Crippen LogP) is 2.17. The van der Waals surface area contributed by atoms with Gasteiger partial charge in [0.2, 0.25) is 5.69 Å². The molecule has 1 aliphatic rings. The molecule has 1 heteroatoms. The first-order chi connectivity index (χ1) is 5.79. The quantitative estimate of drug-likeness (QED) is 0.512. The van der Waals surface area contributed by atoms with Crippen molar-refractivity contribution in [2.75, 3.05) is 0 Å². The highest BCUT2D eigenvalue weighted by molar-refractivity contribution is 5.62. The Morgan fingerprint density at radius 1 is 1.25 bits per heavy atom. The summed E-state index contributed by atoms with van der Waals surface area (Å²) in [5.74, 6) is 0. The molecule has 2 rings (SSSR count). The average molecular weight is 160 g/mol. The van der Waals surface area contributed by atoms with Gasteiger partial charge in [0.15, 0.2) is 12.7 Å². The van der Waals surface area contributed by atoms with Crippen LogP contribution < -0.4 is 4.57 Å². The van der Waals surface area contributed by atoms with Crippen molar-refractivity contribution < 1.29 is 4.57 Å². The maximum absolute atomic E-state index is 2.32. The molecule has 0 aromatic carbocycles. The van der Waals surface area contributed by atoms with Crippen LogP contribution >= 0.6 is 0 Å². The molecule has 0 saturated carbocycles. The highest BCUT2D eigenvalue weighted by atomic mass is 15.0. The number of aryl methyl sites for hydroxylation is 1. The summed E-state index contributed by atoms with van der Waals surface area (Å²) in [7, 11) is 0. The Morgan fingerprint density at radius 3 is 2.92 bits per heavy atom. The van der Waals surface area contributed by atoms with E-state index in [-0.39, 0.29) is 0 Å². The lowest BCUT2D eigenvalue weighted by molar-refractivity contribution is -0.700. The minimum absolute atomic E-state index is 1.14. The smallest absolute Gasteiger partial charge is 0.198 e. The SMILES string of the molecule is CC1=C(C)c2cccc[n+]2CC1. The second-order valence-corrected chi connectivity index (χ2v) is 3.43. The lowest BCUT2D eigenvalue weighted by atomic mass is 10.0. The highest BCUT2D eigenvalue weighted by Crippen LogP contribution is 2.20. The van der Waals surface area contributed by atoms with Crippen molar-refractivity contribution in [1.82, 2.24) is 0 Å². The Balaban J connectivity index is 2.59. The summed E-state index contributed by atoms with van der Waals surface area (Å²) < 4.78 is 2.32. The minimum Gasteiger partial charge on any atom is -0.198 e. The first-order valence-electron chi connectivity index (χ1n) is 4.44. The summed E-state index contributed by atoms with van der Waals surface area (Å²) in [6, 6.07) is 6.39. The van der Waals surface area contributed by atoms with Gasteiger partial charge in [-0.3, -0.25) is 0 Å². The molecule has 1 nitrogen and oxygen atoms in total. The summed E-state index contributed by atoms with van der Waals surface area (Å²) in [5.41, 5.74) is 4.35. The van der Waals surface area contributed by atoms with Crippen molar-refractivity contribution in [3.63, 3.8) is 0 Å². The van der Waals surface area contributed by atoms with Gasteiger partial charge in [0, 0.05) is 24.1 Å². The average Bonchev–Trinajstić information content (AvgIpc) is 2.12. The maximum atomic E-state index is 2.32. The van der Waals surface area contributed by atoms with Crippen LogP contribution in [0, 0.1) is 0 Å². The Bertz CT molecular complexity index is 337. The van der Waals surface area contributed by atoms with Crippen LogP contribution in [0.2, 0.25) is 0 Å². The molecule has 0 amide bonds. The van der Waals surface area contributed by atoms with E-state index in [0.29, 0.717) is 0 Å². The monoisotopic (exact) mass is 160 g/mol. The number of pyridine rings is 1. The molecule has 0 unspecified atom stereocenters. The fraction of sp³-hybridized carbons (Fsp3) is 0.364. The molecular formula is C11H14N+. The van der Waals surface area contributed by atoms with Crippen LogP contribution in [0.25, 0.3) is 5.57 Å². The first kappa shape index (κ1) is 7.53. The Morgan fingerprint density at radius 2 is 2.08 bits per heavy atom. The molecule has 0 N–H and O–H groups in total. The summed E-state index contributed by atoms with van der Waals surface area (Å²) in [5, 5.41) is 0. The van der Waals surface area contributed by atoms with E-state index in [9.17, 15) is 0 Å². The molecule has 62 valence electrons. The maximum Gasteiger partial charge on any atom is 0.208 e. The second-order valence-electron chi connectivity index (χ2n) is 3.43. The van der Waals surface area contributed by atoms with Gasteiger partial charge < -0.3 is 0 Å². The van der Waals surface area contributed by atoms with Crippen LogP contribution in [0.5, 0.6) is 0 Å². The lowest BCUT2D eigenvalue weighted by Crippen LogP contribution is -2.39. The van der Waals surface area contributed by atoms with Crippen molar-refractivity contribution in [1.29, 1.82) is 0 Å². The highest BCUT2D eigenvalue weighted by Gasteiger charge is 2.18. The van der Waals surface area contributed by atoms with Crippen LogP contribution in [0.15, 0.2) is 30.0 Å². The zero-order chi connectivity index (χ0) is 8.55. The third-order valence-electron chi connectivity index (χ3n) is 2.69. The third kappa shape index (κ3) is 1.06. The topological polar surface area (TPSA) is 3.88 Å². The second kappa shape index (κ2) is 2.74. The Hall–Kier alpha value is -1.11. The van der Waals surface area contributed by atoms with Crippen LogP contribution in [0.4, 0.5) is 0 Å². The lowest BCUT2D eigenvalue weighted by Gasteiger charge is -2.12. The number of hydrogen-bond acceptors (Lipinski definition) is 0. The van der Waals surface area contributed by atoms with Crippen LogP contribution in [-0.2, 0) is 6.54 Å². The number of nitrogens with zero attached hydrogens (tertiary/aromatic N) is 1. The molecule has 0 aliphatic carbocycles. The van der Waals surface area contributed by atoms with E-state index >= 15 is 0 Å². The molecule has 0 spiro atoms. The van der Waals surface area contributed by atoms with E-state index in [2.05, 4.69) is 42.8 Å². The molecule has 0 radical (unpaired) electrons. The van der Waals surface area contributed by atoms with E-state index in [0.717, 1.165) is 6.54 Å². The van der Waals surface area contributed by atoms with E-state index in [1.165, 1.54) is 23.3 Å². The molecule has 0 fully saturated rings. The van der Waals surface area contributed by atoms with Crippen molar-refractivity contribution in [3.8, 4) is 0 Å². The van der Waals surface area contributed by atoms with Gasteiger partial charge >= 0.3 is 0 Å². The molecule has 2 heterocycles. The van der Waals surface area contributed by atoms with Gasteiger partial charge in [-0.2, -0.15) is 4.57 Å². The van der Waals surface area contributed by atoms with E-state index in [1.54, 1.807) is 0 Å². The minimum atomic E-state index is 1.14. The molecule has 0 atom stereocenters. The summed E-state index contributed by atoms with van der Waals surface area (Å²) >= 11 is 0. The molecule has 0 saturated heterocycles. The van der Waals surface area contributed by atoms with Gasteiger partial charge in [-0.1, -0.05) is 5.57 Å².